The van der Waals surface area contributed by atoms with Crippen LogP contribution in [-0.2, 0) is 13.1 Å². The van der Waals surface area contributed by atoms with E-state index in [1.54, 1.807) is 51.1 Å². The number of pyridine rings is 2. The van der Waals surface area contributed by atoms with Crippen LogP contribution in [0.3, 0.4) is 0 Å². The molecule has 2 amide bonds. The molecule has 12 nitrogen and oxygen atoms in total. The van der Waals surface area contributed by atoms with Crippen molar-refractivity contribution in [1.29, 1.82) is 0 Å². The van der Waals surface area contributed by atoms with Crippen LogP contribution in [0.1, 0.15) is 48.9 Å². The van der Waals surface area contributed by atoms with E-state index in [0.29, 0.717) is 40.4 Å². The van der Waals surface area contributed by atoms with Crippen LogP contribution >= 0.6 is 38.6 Å². The summed E-state index contributed by atoms with van der Waals surface area (Å²) in [5.41, 5.74) is 5.67. The van der Waals surface area contributed by atoms with Crippen molar-refractivity contribution in [2.24, 2.45) is 0 Å². The molecule has 2 aromatic carbocycles. The van der Waals surface area contributed by atoms with Crippen molar-refractivity contribution in [1.82, 2.24) is 29.1 Å². The molecule has 0 unspecified atom stereocenters. The van der Waals surface area contributed by atoms with Gasteiger partial charge in [-0.3, -0.25) is 30.2 Å². The lowest BCUT2D eigenvalue weighted by molar-refractivity contribution is 0.101. The zero-order valence-electron chi connectivity index (χ0n) is 32.9. The van der Waals surface area contributed by atoms with Gasteiger partial charge in [0.05, 0.1) is 14.2 Å². The minimum absolute atomic E-state index is 0.170. The molecule has 8 rings (SSSR count). The second-order valence-electron chi connectivity index (χ2n) is 12.5. The Kier molecular flexibility index (Phi) is 15.7. The van der Waals surface area contributed by atoms with Crippen molar-refractivity contribution >= 4 is 60.7 Å². The number of methoxy groups -OCH3 is 2. The summed E-state index contributed by atoms with van der Waals surface area (Å²) in [5.74, 6) is 9.84. The number of nitrogens with one attached hydrogen (secondary N) is 2. The standard InChI is InChI=1S/C23H18N4O2S.C14H11BrN4OS.C9H8O/c1-29-20-8-5-17(6-9-20)4-7-19-16-30-23(25-19)26-22(28)21-3-2-14-27(21)15-18-10-12-24-13-11-18;15-12-9-21-14(17-12)18-13(20)11-2-1-7-19(11)8-10-3-5-16-6-4-10;1-3-8-4-6-9(10-2)7-5-8/h2-3,5-6,8-14,16H,15H2,1H3,(H,25,26,28);1-7,9H,8H2,(H,17,18,20);1,4-7H,2H3. The number of carbonyl (C=O) groups is 2. The van der Waals surface area contributed by atoms with Crippen molar-refractivity contribution in [2.45, 2.75) is 13.1 Å². The summed E-state index contributed by atoms with van der Waals surface area (Å²) in [4.78, 5) is 41.6. The van der Waals surface area contributed by atoms with Gasteiger partial charge in [0.2, 0.25) is 0 Å². The highest BCUT2D eigenvalue weighted by molar-refractivity contribution is 9.10. The number of halogens is 1. The lowest BCUT2D eigenvalue weighted by Crippen LogP contribution is -2.17. The van der Waals surface area contributed by atoms with E-state index in [9.17, 15) is 9.59 Å². The SMILES string of the molecule is C#Cc1ccc(OC)cc1.COc1ccc(C#Cc2csc(NC(=O)c3cccn3Cc3ccncc3)n2)cc1.O=C(Nc1nc(Br)cs1)c1cccn1Cc1ccncc1. The fraction of sp³-hybridized carbons (Fsp3) is 0.0870. The largest absolute Gasteiger partial charge is 0.497 e. The molecule has 0 saturated heterocycles. The predicted molar refractivity (Wildman–Crippen MR) is 243 cm³/mol. The van der Waals surface area contributed by atoms with Gasteiger partial charge in [-0.15, -0.1) is 29.1 Å². The van der Waals surface area contributed by atoms with E-state index < -0.39 is 0 Å². The number of rotatable bonds is 10. The number of ether oxygens (including phenoxy) is 2. The zero-order chi connectivity index (χ0) is 42.8. The van der Waals surface area contributed by atoms with Gasteiger partial charge in [0.1, 0.15) is 33.2 Å². The Balaban J connectivity index is 0.000000173. The van der Waals surface area contributed by atoms with E-state index in [2.05, 4.69) is 64.3 Å². The molecule has 0 aliphatic rings. The number of hydrogen-bond donors (Lipinski definition) is 2. The van der Waals surface area contributed by atoms with Gasteiger partial charge >= 0.3 is 0 Å². The first kappa shape index (κ1) is 43.3. The number of thiazole rings is 2. The van der Waals surface area contributed by atoms with Crippen LogP contribution in [-0.4, -0.2) is 55.1 Å². The van der Waals surface area contributed by atoms with Gasteiger partial charge in [0.15, 0.2) is 10.3 Å². The molecule has 0 aliphatic carbocycles. The van der Waals surface area contributed by atoms with Crippen molar-refractivity contribution < 1.29 is 19.1 Å². The van der Waals surface area contributed by atoms with Crippen molar-refractivity contribution in [3.05, 3.63) is 189 Å². The van der Waals surface area contributed by atoms with Gasteiger partial charge in [-0.25, -0.2) is 9.97 Å². The van der Waals surface area contributed by atoms with Gasteiger partial charge in [-0.2, -0.15) is 0 Å². The molecule has 6 aromatic heterocycles. The third kappa shape index (κ3) is 13.1. The summed E-state index contributed by atoms with van der Waals surface area (Å²) < 4.78 is 14.6. The normalized spacial score (nSPS) is 10.0. The summed E-state index contributed by atoms with van der Waals surface area (Å²) >= 11 is 5.99. The van der Waals surface area contributed by atoms with Crippen molar-refractivity contribution in [3.63, 3.8) is 0 Å². The second kappa shape index (κ2) is 22.2. The molecule has 61 heavy (non-hydrogen) atoms. The molecule has 0 aliphatic heterocycles. The van der Waals surface area contributed by atoms with Gasteiger partial charge in [-0.05, 0) is 130 Å². The van der Waals surface area contributed by atoms with E-state index in [1.165, 1.54) is 22.7 Å². The fourth-order valence-corrected chi connectivity index (χ4v) is 7.18. The van der Waals surface area contributed by atoms with Crippen LogP contribution in [0, 0.1) is 24.2 Å². The third-order valence-electron chi connectivity index (χ3n) is 8.43. The number of carbonyl (C=O) groups excluding carboxylic acids is 2. The molecule has 0 radical (unpaired) electrons. The molecular formula is C46H37BrN8O4S2. The van der Waals surface area contributed by atoms with E-state index in [-0.39, 0.29) is 11.8 Å². The van der Waals surface area contributed by atoms with Crippen LogP contribution in [0.5, 0.6) is 11.5 Å². The summed E-state index contributed by atoms with van der Waals surface area (Å²) in [6.45, 7) is 1.22. The molecule has 2 N–H and O–H groups in total. The van der Waals surface area contributed by atoms with Crippen molar-refractivity contribution in [3.8, 4) is 35.7 Å². The van der Waals surface area contributed by atoms with Gasteiger partial charge in [0, 0.05) is 72.2 Å². The highest BCUT2D eigenvalue weighted by Crippen LogP contribution is 2.21. The number of nitrogens with zero attached hydrogens (tertiary/aromatic N) is 6. The molecule has 0 spiro atoms. The summed E-state index contributed by atoms with van der Waals surface area (Å²) in [5, 5.41) is 10.4. The Morgan fingerprint density at radius 2 is 1.13 bits per heavy atom. The molecule has 0 bridgehead atoms. The molecule has 0 fully saturated rings. The number of hydrogen-bond acceptors (Lipinski definition) is 10. The maximum atomic E-state index is 12.7. The third-order valence-corrected chi connectivity index (χ3v) is 10.7. The smallest absolute Gasteiger partial charge is 0.274 e. The maximum Gasteiger partial charge on any atom is 0.274 e. The molecule has 304 valence electrons. The number of amides is 2. The maximum absolute atomic E-state index is 12.7. The van der Waals surface area contributed by atoms with Crippen LogP contribution < -0.4 is 20.1 Å². The van der Waals surface area contributed by atoms with Crippen LogP contribution in [0.15, 0.2) is 150 Å². The number of aromatic nitrogens is 6. The highest BCUT2D eigenvalue weighted by Gasteiger charge is 2.14. The van der Waals surface area contributed by atoms with E-state index in [0.717, 1.165) is 38.4 Å². The quantitative estimate of drug-likeness (QED) is 0.130. The lowest BCUT2D eigenvalue weighted by atomic mass is 10.2. The number of benzene rings is 2. The average Bonchev–Trinajstić information content (AvgIpc) is 4.14. The van der Waals surface area contributed by atoms with E-state index in [4.69, 9.17) is 15.9 Å². The van der Waals surface area contributed by atoms with Crippen LogP contribution in [0.25, 0.3) is 0 Å². The molecular weight excluding hydrogens is 873 g/mol. The second-order valence-corrected chi connectivity index (χ2v) is 15.1. The van der Waals surface area contributed by atoms with Gasteiger partial charge in [-0.1, -0.05) is 11.8 Å². The average molecular weight is 910 g/mol. The minimum atomic E-state index is -0.210. The Hall–Kier alpha value is -7.30. The van der Waals surface area contributed by atoms with E-state index in [1.807, 2.05) is 117 Å². The zero-order valence-corrected chi connectivity index (χ0v) is 36.1. The summed E-state index contributed by atoms with van der Waals surface area (Å²) in [7, 11) is 3.26. The minimum Gasteiger partial charge on any atom is -0.497 e. The topological polar surface area (TPSA) is 138 Å². The lowest BCUT2D eigenvalue weighted by Gasteiger charge is -2.08. The predicted octanol–water partition coefficient (Wildman–Crippen LogP) is 9.13. The number of anilines is 2. The van der Waals surface area contributed by atoms with Gasteiger partial charge in [0.25, 0.3) is 11.8 Å². The summed E-state index contributed by atoms with van der Waals surface area (Å²) in [6, 6.07) is 29.9. The first-order valence-electron chi connectivity index (χ1n) is 18.3. The van der Waals surface area contributed by atoms with Gasteiger partial charge < -0.3 is 18.6 Å². The highest BCUT2D eigenvalue weighted by atomic mass is 79.9. The Morgan fingerprint density at radius 3 is 1.59 bits per heavy atom. The molecule has 0 saturated carbocycles. The number of terminal acetylenes is 1. The van der Waals surface area contributed by atoms with Crippen LogP contribution in [0.2, 0.25) is 0 Å². The Bertz CT molecular complexity index is 2750. The molecule has 0 atom stereocenters. The first-order valence-corrected chi connectivity index (χ1v) is 20.9. The molecule has 15 heteroatoms. The molecule has 6 heterocycles. The van der Waals surface area contributed by atoms with E-state index >= 15 is 0 Å². The molecule has 8 aromatic rings. The Morgan fingerprint density at radius 1 is 0.656 bits per heavy atom. The first-order chi connectivity index (χ1) is 29.8. The Labute approximate surface area is 369 Å². The van der Waals surface area contributed by atoms with Crippen molar-refractivity contribution in [2.75, 3.05) is 24.9 Å². The fourth-order valence-electron chi connectivity index (χ4n) is 5.41. The van der Waals surface area contributed by atoms with Crippen LogP contribution in [0.4, 0.5) is 10.3 Å². The monoisotopic (exact) mass is 908 g/mol. The summed E-state index contributed by atoms with van der Waals surface area (Å²) in [6.07, 6.45) is 15.9.